The Balaban J connectivity index is 1.28. The molecule has 1 aliphatic heterocycles. The molecule has 4 N–H and O–H groups in total. The maximum Gasteiger partial charge on any atom is 0.273 e. The van der Waals surface area contributed by atoms with Crippen LogP contribution < -0.4 is 21.3 Å². The van der Waals surface area contributed by atoms with Crippen LogP contribution in [0.4, 0.5) is 0 Å². The van der Waals surface area contributed by atoms with Gasteiger partial charge in [-0.3, -0.25) is 19.2 Å². The second-order valence-corrected chi connectivity index (χ2v) is 11.0. The van der Waals surface area contributed by atoms with E-state index >= 15 is 0 Å². The zero-order valence-corrected chi connectivity index (χ0v) is 25.2. The number of carbonyl (C=O) groups is 4. The van der Waals surface area contributed by atoms with Crippen molar-refractivity contribution in [1.29, 1.82) is 0 Å². The van der Waals surface area contributed by atoms with Crippen molar-refractivity contribution in [2.75, 3.05) is 6.54 Å². The Kier molecular flexibility index (Phi) is 10.0. The van der Waals surface area contributed by atoms with Gasteiger partial charge in [-0.2, -0.15) is 0 Å². The highest BCUT2D eigenvalue weighted by atomic mass is 16.4. The molecule has 2 aromatic carbocycles. The van der Waals surface area contributed by atoms with Crippen molar-refractivity contribution in [1.82, 2.24) is 31.2 Å². The summed E-state index contributed by atoms with van der Waals surface area (Å²) in [7, 11) is 0. The van der Waals surface area contributed by atoms with Crippen molar-refractivity contribution in [3.8, 4) is 11.5 Å². The van der Waals surface area contributed by atoms with Crippen molar-refractivity contribution >= 4 is 23.6 Å². The van der Waals surface area contributed by atoms with E-state index in [9.17, 15) is 19.2 Å². The summed E-state index contributed by atoms with van der Waals surface area (Å²) in [5, 5.41) is 11.3. The van der Waals surface area contributed by atoms with E-state index in [2.05, 4.69) is 31.2 Å². The lowest BCUT2D eigenvalue weighted by Gasteiger charge is -2.21. The summed E-state index contributed by atoms with van der Waals surface area (Å²) < 4.78 is 11.3. The van der Waals surface area contributed by atoms with Gasteiger partial charge in [0.15, 0.2) is 5.69 Å². The Bertz CT molecular complexity index is 1630. The minimum absolute atomic E-state index is 0.0215. The zero-order valence-electron chi connectivity index (χ0n) is 25.2. The maximum absolute atomic E-state index is 13.3. The standard InChI is InChI=1S/C33H36N6O6/c1-20-32-39-27(19-44-32)31(43)37-26(17-22-11-5-3-6-12-22)29(41)34-16-10-9-15-24(30(42)35-20)36-28(40)18-25-21(2)45-33(38-25)23-13-7-4-8-14-23/h3-8,11-14,19-20,24,26H,9-10,15-18H2,1-2H3,(H,34,41)(H,35,42)(H,36,40)(H,37,43)/t20-,24-,26?/m0/s1. The van der Waals surface area contributed by atoms with Gasteiger partial charge in [0.05, 0.1) is 12.1 Å². The predicted molar refractivity (Wildman–Crippen MR) is 164 cm³/mol. The van der Waals surface area contributed by atoms with E-state index < -0.39 is 29.9 Å². The quantitative estimate of drug-likeness (QED) is 0.257. The van der Waals surface area contributed by atoms with E-state index in [1.54, 1.807) is 13.8 Å². The molecule has 5 rings (SSSR count). The van der Waals surface area contributed by atoms with Crippen molar-refractivity contribution in [2.24, 2.45) is 0 Å². The fourth-order valence-corrected chi connectivity index (χ4v) is 5.03. The van der Waals surface area contributed by atoms with Gasteiger partial charge < -0.3 is 30.1 Å². The Morgan fingerprint density at radius 2 is 1.69 bits per heavy atom. The molecule has 0 saturated carbocycles. The number of oxazole rings is 2. The van der Waals surface area contributed by atoms with Crippen molar-refractivity contribution in [2.45, 2.75) is 64.1 Å². The first-order valence-electron chi connectivity index (χ1n) is 15.0. The molecule has 3 atom stereocenters. The first-order chi connectivity index (χ1) is 21.8. The molecular weight excluding hydrogens is 576 g/mol. The Morgan fingerprint density at radius 1 is 0.956 bits per heavy atom. The van der Waals surface area contributed by atoms with E-state index in [1.165, 1.54) is 6.26 Å². The second kappa shape index (κ2) is 14.5. The third-order valence-corrected chi connectivity index (χ3v) is 7.50. The minimum atomic E-state index is -0.868. The van der Waals surface area contributed by atoms with Gasteiger partial charge in [-0.05, 0) is 50.8 Å². The van der Waals surface area contributed by atoms with Crippen LogP contribution in [-0.2, 0) is 27.2 Å². The molecule has 0 fully saturated rings. The fourth-order valence-electron chi connectivity index (χ4n) is 5.03. The molecule has 234 valence electrons. The number of nitrogens with one attached hydrogen (secondary N) is 4. The molecule has 4 aromatic rings. The van der Waals surface area contributed by atoms with Crippen LogP contribution >= 0.6 is 0 Å². The molecule has 0 radical (unpaired) electrons. The number of hydrogen-bond donors (Lipinski definition) is 4. The monoisotopic (exact) mass is 612 g/mol. The van der Waals surface area contributed by atoms with Crippen LogP contribution in [-0.4, -0.2) is 52.2 Å². The highest BCUT2D eigenvalue weighted by Gasteiger charge is 2.28. The molecule has 3 heterocycles. The summed E-state index contributed by atoms with van der Waals surface area (Å²) in [6.45, 7) is 3.74. The Morgan fingerprint density at radius 3 is 2.44 bits per heavy atom. The molecule has 45 heavy (non-hydrogen) atoms. The summed E-state index contributed by atoms with van der Waals surface area (Å²) in [4.78, 5) is 61.3. The van der Waals surface area contributed by atoms with Crippen molar-refractivity contribution in [3.05, 3.63) is 95.5 Å². The SMILES string of the molecule is Cc1oc(-c2ccccc2)nc1CC(=O)N[C@H]1CCCCNC(=O)C(Cc2ccccc2)NC(=O)c2coc(n2)[C@H](C)NC1=O. The molecule has 4 amide bonds. The van der Waals surface area contributed by atoms with Crippen LogP contribution in [0.3, 0.4) is 0 Å². The summed E-state index contributed by atoms with van der Waals surface area (Å²) >= 11 is 0. The second-order valence-electron chi connectivity index (χ2n) is 11.0. The lowest BCUT2D eigenvalue weighted by atomic mass is 10.0. The van der Waals surface area contributed by atoms with Crippen LogP contribution in [0.2, 0.25) is 0 Å². The van der Waals surface area contributed by atoms with Gasteiger partial charge in [-0.25, -0.2) is 9.97 Å². The van der Waals surface area contributed by atoms with E-state index in [4.69, 9.17) is 8.83 Å². The lowest BCUT2D eigenvalue weighted by Crippen LogP contribution is -2.49. The first-order valence-corrected chi connectivity index (χ1v) is 15.0. The molecule has 0 aliphatic carbocycles. The van der Waals surface area contributed by atoms with Crippen LogP contribution in [0.1, 0.15) is 65.6 Å². The van der Waals surface area contributed by atoms with Crippen LogP contribution in [0, 0.1) is 6.92 Å². The number of benzene rings is 2. The van der Waals surface area contributed by atoms with E-state index in [0.717, 1.165) is 11.1 Å². The van der Waals surface area contributed by atoms with E-state index in [1.807, 2.05) is 60.7 Å². The zero-order chi connectivity index (χ0) is 31.8. The van der Waals surface area contributed by atoms with Gasteiger partial charge in [0.2, 0.25) is 29.5 Å². The largest absolute Gasteiger partial charge is 0.446 e. The number of fused-ring (bicyclic) bond motifs is 2. The summed E-state index contributed by atoms with van der Waals surface area (Å²) in [5.41, 5.74) is 2.14. The van der Waals surface area contributed by atoms with E-state index in [-0.39, 0.29) is 29.8 Å². The molecule has 2 aromatic heterocycles. The molecular formula is C33H36N6O6. The van der Waals surface area contributed by atoms with E-state index in [0.29, 0.717) is 49.6 Å². The Hall–Kier alpha value is -5.26. The first kappa shape index (κ1) is 31.2. The number of aromatic nitrogens is 2. The number of hydrogen-bond acceptors (Lipinski definition) is 8. The molecule has 12 heteroatoms. The average Bonchev–Trinajstić information content (AvgIpc) is 3.68. The average molecular weight is 613 g/mol. The topological polar surface area (TPSA) is 168 Å². The predicted octanol–water partition coefficient (Wildman–Crippen LogP) is 3.18. The van der Waals surface area contributed by atoms with Gasteiger partial charge in [0.1, 0.15) is 30.1 Å². The van der Waals surface area contributed by atoms with Crippen molar-refractivity contribution < 1.29 is 28.0 Å². The maximum atomic E-state index is 13.3. The number of aryl methyl sites for hydroxylation is 1. The molecule has 0 spiro atoms. The van der Waals surface area contributed by atoms with Crippen LogP contribution in [0.5, 0.6) is 0 Å². The minimum Gasteiger partial charge on any atom is -0.446 e. The van der Waals surface area contributed by atoms with Gasteiger partial charge >= 0.3 is 0 Å². The smallest absolute Gasteiger partial charge is 0.273 e. The third kappa shape index (κ3) is 8.22. The number of amides is 4. The number of nitrogens with zero attached hydrogens (tertiary/aromatic N) is 2. The molecule has 0 saturated heterocycles. The number of carbonyl (C=O) groups excluding carboxylic acids is 4. The summed E-state index contributed by atoms with van der Waals surface area (Å²) in [5.74, 6) is -0.681. The third-order valence-electron chi connectivity index (χ3n) is 7.50. The van der Waals surface area contributed by atoms with Gasteiger partial charge in [-0.15, -0.1) is 0 Å². The summed E-state index contributed by atoms with van der Waals surface area (Å²) in [6.07, 6.45) is 2.82. The molecule has 1 unspecified atom stereocenters. The molecule has 12 nitrogen and oxygen atoms in total. The Labute approximate surface area is 260 Å². The van der Waals surface area contributed by atoms with Gasteiger partial charge in [0, 0.05) is 18.5 Å². The highest BCUT2D eigenvalue weighted by Crippen LogP contribution is 2.22. The normalized spacial score (nSPS) is 19.7. The fraction of sp³-hybridized carbons (Fsp3) is 0.333. The van der Waals surface area contributed by atoms with Gasteiger partial charge in [0.25, 0.3) is 5.91 Å². The highest BCUT2D eigenvalue weighted by molar-refractivity contribution is 5.96. The molecule has 1 aliphatic rings. The van der Waals surface area contributed by atoms with Crippen LogP contribution in [0.25, 0.3) is 11.5 Å². The van der Waals surface area contributed by atoms with Crippen molar-refractivity contribution in [3.63, 3.8) is 0 Å². The van der Waals surface area contributed by atoms with Crippen LogP contribution in [0.15, 0.2) is 75.8 Å². The lowest BCUT2D eigenvalue weighted by molar-refractivity contribution is -0.129. The summed E-state index contributed by atoms with van der Waals surface area (Å²) in [6, 6.07) is 16.4. The molecule has 2 bridgehead atoms. The van der Waals surface area contributed by atoms with Gasteiger partial charge in [-0.1, -0.05) is 48.5 Å². The number of rotatable bonds is 6.